The number of hydrogen-bond acceptors (Lipinski definition) is 2. The van der Waals surface area contributed by atoms with Crippen molar-refractivity contribution in [2.45, 2.75) is 46.6 Å². The minimum Gasteiger partial charge on any atom is -0.457 e. The molecule has 0 saturated heterocycles. The molecular formula is C11H20O2. The highest BCUT2D eigenvalue weighted by atomic mass is 16.6. The molecule has 0 bridgehead atoms. The van der Waals surface area contributed by atoms with Crippen LogP contribution in [0.3, 0.4) is 0 Å². The largest absolute Gasteiger partial charge is 0.457 e. The number of carbonyl (C=O) groups excluding carboxylic acids is 1. The van der Waals surface area contributed by atoms with Gasteiger partial charge in [0.25, 0.3) is 0 Å². The average molecular weight is 184 g/mol. The lowest BCUT2D eigenvalue weighted by molar-refractivity contribution is -0.152. The number of esters is 1. The first-order valence-electron chi connectivity index (χ1n) is 4.52. The normalized spacial score (nSPS) is 12.4. The highest BCUT2D eigenvalue weighted by Gasteiger charge is 2.28. The molecule has 13 heavy (non-hydrogen) atoms. The van der Waals surface area contributed by atoms with E-state index < -0.39 is 5.60 Å². The van der Waals surface area contributed by atoms with Gasteiger partial charge in [-0.05, 0) is 25.7 Å². The maximum absolute atomic E-state index is 11.0. The fourth-order valence-corrected chi connectivity index (χ4v) is 1.63. The number of ether oxygens (including phenoxy) is 1. The molecule has 0 radical (unpaired) electrons. The molecule has 0 N–H and O–H groups in total. The molecule has 0 amide bonds. The molecule has 2 nitrogen and oxygen atoms in total. The molecule has 0 unspecified atom stereocenters. The third kappa shape index (κ3) is 6.38. The van der Waals surface area contributed by atoms with Gasteiger partial charge in [-0.3, -0.25) is 0 Å². The molecule has 0 heterocycles. The third-order valence-electron chi connectivity index (χ3n) is 1.50. The van der Waals surface area contributed by atoms with Crippen LogP contribution in [0.5, 0.6) is 0 Å². The van der Waals surface area contributed by atoms with Crippen LogP contribution in [0, 0.1) is 5.41 Å². The molecule has 0 aromatic heterocycles. The van der Waals surface area contributed by atoms with Crippen molar-refractivity contribution in [1.29, 1.82) is 0 Å². The minimum atomic E-state index is -0.413. The van der Waals surface area contributed by atoms with E-state index in [4.69, 9.17) is 4.74 Å². The lowest BCUT2D eigenvalue weighted by Gasteiger charge is -2.31. The number of hydrogen-bond donors (Lipinski definition) is 0. The van der Waals surface area contributed by atoms with E-state index in [0.717, 1.165) is 6.42 Å². The molecule has 0 aliphatic carbocycles. The van der Waals surface area contributed by atoms with Gasteiger partial charge in [0, 0.05) is 6.08 Å². The first-order chi connectivity index (χ1) is 5.66. The predicted octanol–water partition coefficient (Wildman–Crippen LogP) is 2.93. The van der Waals surface area contributed by atoms with E-state index in [1.165, 1.54) is 6.08 Å². The van der Waals surface area contributed by atoms with Crippen molar-refractivity contribution in [3.05, 3.63) is 12.7 Å². The van der Waals surface area contributed by atoms with Crippen LogP contribution in [0.2, 0.25) is 0 Å². The monoisotopic (exact) mass is 184 g/mol. The van der Waals surface area contributed by atoms with Gasteiger partial charge in [0.1, 0.15) is 5.60 Å². The molecule has 0 aromatic rings. The number of carbonyl (C=O) groups is 1. The summed E-state index contributed by atoms with van der Waals surface area (Å²) >= 11 is 0. The van der Waals surface area contributed by atoms with Crippen LogP contribution in [-0.2, 0) is 9.53 Å². The van der Waals surface area contributed by atoms with Crippen molar-refractivity contribution in [1.82, 2.24) is 0 Å². The zero-order valence-corrected chi connectivity index (χ0v) is 9.31. The molecule has 0 aliphatic rings. The van der Waals surface area contributed by atoms with Crippen molar-refractivity contribution in [2.24, 2.45) is 5.41 Å². The third-order valence-corrected chi connectivity index (χ3v) is 1.50. The molecule has 0 spiro atoms. The summed E-state index contributed by atoms with van der Waals surface area (Å²) in [7, 11) is 0. The molecule has 0 fully saturated rings. The molecule has 0 rings (SSSR count). The standard InChI is InChI=1S/C11H20O2/c1-7-9(12)13-11(5,6)8-10(2,3)4/h7H,1,8H2,2-6H3. The van der Waals surface area contributed by atoms with Crippen LogP contribution in [0.15, 0.2) is 12.7 Å². The Bertz CT molecular complexity index is 197. The van der Waals surface area contributed by atoms with Crippen LogP contribution in [0.25, 0.3) is 0 Å². The van der Waals surface area contributed by atoms with Crippen LogP contribution >= 0.6 is 0 Å². The Kier molecular flexibility index (Phi) is 3.71. The fourth-order valence-electron chi connectivity index (χ4n) is 1.63. The molecule has 2 heteroatoms. The smallest absolute Gasteiger partial charge is 0.330 e. The summed E-state index contributed by atoms with van der Waals surface area (Å²) < 4.78 is 5.21. The van der Waals surface area contributed by atoms with E-state index in [-0.39, 0.29) is 11.4 Å². The van der Waals surface area contributed by atoms with Crippen LogP contribution < -0.4 is 0 Å². The second-order valence-electron chi connectivity index (χ2n) is 5.12. The lowest BCUT2D eigenvalue weighted by Crippen LogP contribution is -2.32. The Hall–Kier alpha value is -0.790. The number of rotatable bonds is 3. The molecule has 0 aliphatic heterocycles. The van der Waals surface area contributed by atoms with E-state index in [9.17, 15) is 4.79 Å². The van der Waals surface area contributed by atoms with Gasteiger partial charge in [0.05, 0.1) is 0 Å². The summed E-state index contributed by atoms with van der Waals surface area (Å²) in [6.45, 7) is 13.6. The average Bonchev–Trinajstić information content (AvgIpc) is 1.80. The second kappa shape index (κ2) is 3.95. The Balaban J connectivity index is 4.24. The van der Waals surface area contributed by atoms with Crippen molar-refractivity contribution >= 4 is 5.97 Å². The van der Waals surface area contributed by atoms with Gasteiger partial charge >= 0.3 is 5.97 Å². The van der Waals surface area contributed by atoms with Gasteiger partial charge in [-0.1, -0.05) is 27.4 Å². The quantitative estimate of drug-likeness (QED) is 0.498. The van der Waals surface area contributed by atoms with Gasteiger partial charge in [-0.15, -0.1) is 0 Å². The lowest BCUT2D eigenvalue weighted by atomic mass is 9.84. The molecular weight excluding hydrogens is 164 g/mol. The van der Waals surface area contributed by atoms with Crippen molar-refractivity contribution < 1.29 is 9.53 Å². The second-order valence-corrected chi connectivity index (χ2v) is 5.12. The SMILES string of the molecule is C=CC(=O)OC(C)(C)CC(C)(C)C. The van der Waals surface area contributed by atoms with Crippen molar-refractivity contribution in [2.75, 3.05) is 0 Å². The van der Waals surface area contributed by atoms with Crippen LogP contribution in [-0.4, -0.2) is 11.6 Å². The summed E-state index contributed by atoms with van der Waals surface area (Å²) in [5.41, 5.74) is -0.255. The topological polar surface area (TPSA) is 26.3 Å². The minimum absolute atomic E-state index is 0.158. The zero-order valence-electron chi connectivity index (χ0n) is 9.31. The summed E-state index contributed by atoms with van der Waals surface area (Å²) in [5, 5.41) is 0. The van der Waals surface area contributed by atoms with E-state index in [2.05, 4.69) is 27.4 Å². The molecule has 76 valence electrons. The van der Waals surface area contributed by atoms with E-state index in [1.807, 2.05) is 13.8 Å². The van der Waals surface area contributed by atoms with E-state index in [1.54, 1.807) is 0 Å². The van der Waals surface area contributed by atoms with Gasteiger partial charge in [0.2, 0.25) is 0 Å². The van der Waals surface area contributed by atoms with Crippen LogP contribution in [0.4, 0.5) is 0 Å². The Morgan fingerprint density at radius 3 is 2.08 bits per heavy atom. The maximum Gasteiger partial charge on any atom is 0.330 e. The predicted molar refractivity (Wildman–Crippen MR) is 54.4 cm³/mol. The molecule has 0 saturated carbocycles. The van der Waals surface area contributed by atoms with E-state index >= 15 is 0 Å². The van der Waals surface area contributed by atoms with Crippen molar-refractivity contribution in [3.63, 3.8) is 0 Å². The molecule has 0 aromatic carbocycles. The first-order valence-corrected chi connectivity index (χ1v) is 4.52. The fraction of sp³-hybridized carbons (Fsp3) is 0.727. The van der Waals surface area contributed by atoms with E-state index in [0.29, 0.717) is 0 Å². The van der Waals surface area contributed by atoms with Crippen molar-refractivity contribution in [3.8, 4) is 0 Å². The van der Waals surface area contributed by atoms with Gasteiger partial charge in [0.15, 0.2) is 0 Å². The first kappa shape index (κ1) is 12.2. The summed E-state index contributed by atoms with van der Waals surface area (Å²) in [6.07, 6.45) is 2.03. The highest BCUT2D eigenvalue weighted by molar-refractivity contribution is 5.81. The van der Waals surface area contributed by atoms with Gasteiger partial charge in [-0.2, -0.15) is 0 Å². The van der Waals surface area contributed by atoms with Crippen LogP contribution in [0.1, 0.15) is 41.0 Å². The van der Waals surface area contributed by atoms with Gasteiger partial charge < -0.3 is 4.74 Å². The maximum atomic E-state index is 11.0. The zero-order chi connectivity index (χ0) is 10.7. The van der Waals surface area contributed by atoms with Gasteiger partial charge in [-0.25, -0.2) is 4.79 Å². The summed E-state index contributed by atoms with van der Waals surface area (Å²) in [6, 6.07) is 0. The molecule has 0 atom stereocenters. The summed E-state index contributed by atoms with van der Waals surface area (Å²) in [4.78, 5) is 11.0. The Morgan fingerprint density at radius 2 is 1.77 bits per heavy atom. The Morgan fingerprint density at radius 1 is 1.31 bits per heavy atom. The Labute approximate surface area is 81.0 Å². The highest BCUT2D eigenvalue weighted by Crippen LogP contribution is 2.29. The summed E-state index contributed by atoms with van der Waals surface area (Å²) in [5.74, 6) is -0.353.